The van der Waals surface area contributed by atoms with Gasteiger partial charge in [0, 0.05) is 0 Å². The Balaban J connectivity index is 2.17. The lowest BCUT2D eigenvalue weighted by atomic mass is 10.0. The Kier molecular flexibility index (Phi) is 5.69. The van der Waals surface area contributed by atoms with E-state index in [2.05, 4.69) is 65.8 Å². The van der Waals surface area contributed by atoms with Crippen molar-refractivity contribution < 1.29 is 0 Å². The molecule has 1 fully saturated rings. The minimum Gasteiger partial charge on any atom is -0.0584 e. The zero-order valence-corrected chi connectivity index (χ0v) is 17.8. The fourth-order valence-electron chi connectivity index (χ4n) is 4.27. The van der Waals surface area contributed by atoms with Gasteiger partial charge in [-0.05, 0) is 112 Å². The highest BCUT2D eigenvalue weighted by Crippen LogP contribution is 2.48. The molecule has 0 aromatic heterocycles. The molecule has 0 amide bonds. The SMILES string of the molecule is Cc1ccc(P(c2ccc(C)c(C)c2C)C2CCCCC2)c(C)c1C. The van der Waals surface area contributed by atoms with Gasteiger partial charge in [0.25, 0.3) is 0 Å². The van der Waals surface area contributed by atoms with Gasteiger partial charge in [0.05, 0.1) is 0 Å². The van der Waals surface area contributed by atoms with Crippen molar-refractivity contribution in [2.24, 2.45) is 0 Å². The van der Waals surface area contributed by atoms with Crippen molar-refractivity contribution in [2.45, 2.75) is 79.3 Å². The molecule has 0 spiro atoms. The molecular formula is C24H33P. The summed E-state index contributed by atoms with van der Waals surface area (Å²) in [6.07, 6.45) is 7.07. The summed E-state index contributed by atoms with van der Waals surface area (Å²) in [6.45, 7) is 13.8. The van der Waals surface area contributed by atoms with Crippen molar-refractivity contribution >= 4 is 18.5 Å². The van der Waals surface area contributed by atoms with Crippen LogP contribution in [0.2, 0.25) is 0 Å². The van der Waals surface area contributed by atoms with Crippen LogP contribution in [0, 0.1) is 41.5 Å². The first-order chi connectivity index (χ1) is 11.9. The summed E-state index contributed by atoms with van der Waals surface area (Å²) in [7, 11) is -0.268. The van der Waals surface area contributed by atoms with Crippen molar-refractivity contribution in [1.29, 1.82) is 0 Å². The molecule has 1 heteroatoms. The molecule has 0 saturated heterocycles. The van der Waals surface area contributed by atoms with Crippen LogP contribution in [0.5, 0.6) is 0 Å². The van der Waals surface area contributed by atoms with Crippen LogP contribution in [0.25, 0.3) is 0 Å². The van der Waals surface area contributed by atoms with Crippen LogP contribution in [-0.4, -0.2) is 5.66 Å². The van der Waals surface area contributed by atoms with E-state index in [1.807, 2.05) is 0 Å². The van der Waals surface area contributed by atoms with Crippen molar-refractivity contribution in [1.82, 2.24) is 0 Å². The van der Waals surface area contributed by atoms with Gasteiger partial charge in [0.15, 0.2) is 0 Å². The van der Waals surface area contributed by atoms with Crippen LogP contribution in [0.1, 0.15) is 65.5 Å². The fourth-order valence-corrected chi connectivity index (χ4v) is 7.72. The van der Waals surface area contributed by atoms with E-state index in [0.717, 1.165) is 5.66 Å². The van der Waals surface area contributed by atoms with E-state index in [9.17, 15) is 0 Å². The Labute approximate surface area is 155 Å². The average Bonchev–Trinajstić information content (AvgIpc) is 2.62. The summed E-state index contributed by atoms with van der Waals surface area (Å²) in [5, 5.41) is 3.27. The molecular weight excluding hydrogens is 319 g/mol. The molecule has 0 aliphatic heterocycles. The lowest BCUT2D eigenvalue weighted by molar-refractivity contribution is 0.513. The summed E-state index contributed by atoms with van der Waals surface area (Å²) >= 11 is 0. The van der Waals surface area contributed by atoms with Crippen LogP contribution in [0.3, 0.4) is 0 Å². The number of benzene rings is 2. The molecule has 0 N–H and O–H groups in total. The van der Waals surface area contributed by atoms with Crippen molar-refractivity contribution in [3.63, 3.8) is 0 Å². The summed E-state index contributed by atoms with van der Waals surface area (Å²) in [6, 6.07) is 9.61. The maximum Gasteiger partial charge on any atom is -0.0129 e. The highest BCUT2D eigenvalue weighted by Gasteiger charge is 2.29. The van der Waals surface area contributed by atoms with E-state index in [1.165, 1.54) is 65.5 Å². The van der Waals surface area contributed by atoms with Gasteiger partial charge in [0.2, 0.25) is 0 Å². The van der Waals surface area contributed by atoms with Crippen molar-refractivity contribution in [2.75, 3.05) is 0 Å². The molecule has 2 aromatic carbocycles. The first-order valence-corrected chi connectivity index (χ1v) is 11.3. The third-order valence-corrected chi connectivity index (χ3v) is 9.77. The lowest BCUT2D eigenvalue weighted by Crippen LogP contribution is -2.27. The minimum atomic E-state index is -0.268. The van der Waals surface area contributed by atoms with Gasteiger partial charge >= 0.3 is 0 Å². The molecule has 1 aliphatic rings. The predicted molar refractivity (Wildman–Crippen MR) is 114 cm³/mol. The maximum absolute atomic E-state index is 2.45. The van der Waals surface area contributed by atoms with Gasteiger partial charge in [-0.1, -0.05) is 43.5 Å². The minimum absolute atomic E-state index is 0.268. The average molecular weight is 353 g/mol. The number of rotatable bonds is 3. The molecule has 0 bridgehead atoms. The van der Waals surface area contributed by atoms with Crippen LogP contribution >= 0.6 is 7.92 Å². The van der Waals surface area contributed by atoms with E-state index in [1.54, 1.807) is 10.6 Å². The maximum atomic E-state index is 2.45. The molecule has 0 nitrogen and oxygen atoms in total. The molecule has 0 radical (unpaired) electrons. The normalized spacial score (nSPS) is 15.8. The smallest absolute Gasteiger partial charge is 0.0129 e. The number of hydrogen-bond donors (Lipinski definition) is 0. The van der Waals surface area contributed by atoms with Gasteiger partial charge in [-0.2, -0.15) is 0 Å². The second-order valence-corrected chi connectivity index (χ2v) is 10.4. The topological polar surface area (TPSA) is 0 Å². The van der Waals surface area contributed by atoms with Crippen molar-refractivity contribution in [3.8, 4) is 0 Å². The summed E-state index contributed by atoms with van der Waals surface area (Å²) in [4.78, 5) is 0. The Morgan fingerprint density at radius 3 is 1.48 bits per heavy atom. The first kappa shape index (κ1) is 18.7. The van der Waals surface area contributed by atoms with Gasteiger partial charge in [-0.25, -0.2) is 0 Å². The molecule has 134 valence electrons. The van der Waals surface area contributed by atoms with Crippen LogP contribution < -0.4 is 10.6 Å². The monoisotopic (exact) mass is 352 g/mol. The van der Waals surface area contributed by atoms with E-state index in [-0.39, 0.29) is 7.92 Å². The second-order valence-electron chi connectivity index (χ2n) is 7.97. The molecule has 0 unspecified atom stereocenters. The highest BCUT2D eigenvalue weighted by molar-refractivity contribution is 7.73. The van der Waals surface area contributed by atoms with E-state index in [4.69, 9.17) is 0 Å². The molecule has 25 heavy (non-hydrogen) atoms. The summed E-state index contributed by atoms with van der Waals surface area (Å²) < 4.78 is 0. The van der Waals surface area contributed by atoms with Gasteiger partial charge in [-0.3, -0.25) is 0 Å². The Bertz CT molecular complexity index is 709. The van der Waals surface area contributed by atoms with Crippen LogP contribution in [0.15, 0.2) is 24.3 Å². The standard InChI is InChI=1S/C24H33P/c1-16-12-14-23(20(5)18(16)3)25(22-10-8-7-9-11-22)24-15-13-17(2)19(4)21(24)6/h12-15,22H,7-11H2,1-6H3. The molecule has 2 aromatic rings. The van der Waals surface area contributed by atoms with Crippen LogP contribution in [0.4, 0.5) is 0 Å². The molecule has 0 heterocycles. The van der Waals surface area contributed by atoms with Gasteiger partial charge in [-0.15, -0.1) is 0 Å². The number of hydrogen-bond acceptors (Lipinski definition) is 0. The second kappa shape index (κ2) is 7.63. The lowest BCUT2D eigenvalue weighted by Gasteiger charge is -2.34. The number of aryl methyl sites for hydroxylation is 2. The largest absolute Gasteiger partial charge is 0.0584 e. The Hall–Kier alpha value is -1.13. The third-order valence-electron chi connectivity index (χ3n) is 6.52. The Morgan fingerprint density at radius 1 is 0.600 bits per heavy atom. The van der Waals surface area contributed by atoms with E-state index >= 15 is 0 Å². The highest BCUT2D eigenvalue weighted by atomic mass is 31.1. The molecule has 3 rings (SSSR count). The summed E-state index contributed by atoms with van der Waals surface area (Å²) in [5.41, 5.74) is 9.76. The fraction of sp³-hybridized carbons (Fsp3) is 0.500. The third kappa shape index (κ3) is 3.56. The first-order valence-electron chi connectivity index (χ1n) is 9.84. The van der Waals surface area contributed by atoms with Gasteiger partial charge in [0.1, 0.15) is 0 Å². The van der Waals surface area contributed by atoms with Crippen LogP contribution in [-0.2, 0) is 0 Å². The van der Waals surface area contributed by atoms with E-state index in [0.29, 0.717) is 0 Å². The van der Waals surface area contributed by atoms with Gasteiger partial charge < -0.3 is 0 Å². The predicted octanol–water partition coefficient (Wildman–Crippen LogP) is 6.30. The Morgan fingerprint density at radius 2 is 1.04 bits per heavy atom. The zero-order valence-electron chi connectivity index (χ0n) is 16.9. The zero-order chi connectivity index (χ0) is 18.1. The molecule has 1 aliphatic carbocycles. The van der Waals surface area contributed by atoms with E-state index < -0.39 is 0 Å². The molecule has 1 saturated carbocycles. The van der Waals surface area contributed by atoms with Crippen molar-refractivity contribution in [3.05, 3.63) is 57.6 Å². The summed E-state index contributed by atoms with van der Waals surface area (Å²) in [5.74, 6) is 0. The molecule has 0 atom stereocenters. The quantitative estimate of drug-likeness (QED) is 0.568.